The van der Waals surface area contributed by atoms with Crippen LogP contribution in [0, 0.1) is 11.6 Å². The van der Waals surface area contributed by atoms with E-state index in [9.17, 15) is 13.6 Å². The highest BCUT2D eigenvalue weighted by molar-refractivity contribution is 5.81. The smallest absolute Gasteiger partial charge is 0.238 e. The molecule has 2 N–H and O–H groups in total. The Labute approximate surface area is 110 Å². The molecular weight excluding hydrogens is 252 g/mol. The SMILES string of the molecule is CNC(=O)C1CNCCN1Cc1cc(F)ccc1F. The van der Waals surface area contributed by atoms with Crippen molar-refractivity contribution in [3.05, 3.63) is 35.4 Å². The van der Waals surface area contributed by atoms with Gasteiger partial charge in [0.05, 0.1) is 0 Å². The maximum absolute atomic E-state index is 13.6. The van der Waals surface area contributed by atoms with Crippen molar-refractivity contribution < 1.29 is 13.6 Å². The monoisotopic (exact) mass is 269 g/mol. The van der Waals surface area contributed by atoms with Crippen molar-refractivity contribution in [3.8, 4) is 0 Å². The maximum atomic E-state index is 13.6. The van der Waals surface area contributed by atoms with Crippen molar-refractivity contribution in [2.75, 3.05) is 26.7 Å². The molecule has 1 atom stereocenters. The molecule has 0 spiro atoms. The number of benzene rings is 1. The molecule has 2 rings (SSSR count). The molecule has 0 bridgehead atoms. The highest BCUT2D eigenvalue weighted by Crippen LogP contribution is 2.15. The number of carbonyl (C=O) groups is 1. The molecule has 0 aromatic heterocycles. The Bertz CT molecular complexity index is 467. The Morgan fingerprint density at radius 1 is 1.53 bits per heavy atom. The average Bonchev–Trinajstić information content (AvgIpc) is 2.42. The molecule has 0 radical (unpaired) electrons. The molecule has 0 aliphatic carbocycles. The number of nitrogens with one attached hydrogen (secondary N) is 2. The second-order valence-electron chi connectivity index (χ2n) is 4.54. The van der Waals surface area contributed by atoms with Crippen LogP contribution in [0.2, 0.25) is 0 Å². The molecule has 1 aliphatic rings. The molecule has 0 saturated carbocycles. The number of likely N-dealkylation sites (N-methyl/N-ethyl adjacent to an activating group) is 1. The number of hydrogen-bond acceptors (Lipinski definition) is 3. The molecular formula is C13H17F2N3O. The molecule has 6 heteroatoms. The highest BCUT2D eigenvalue weighted by Gasteiger charge is 2.28. The van der Waals surface area contributed by atoms with E-state index < -0.39 is 11.6 Å². The molecule has 1 aromatic rings. The van der Waals surface area contributed by atoms with Crippen LogP contribution in [-0.4, -0.2) is 43.5 Å². The number of carbonyl (C=O) groups excluding carboxylic acids is 1. The van der Waals surface area contributed by atoms with Gasteiger partial charge in [0, 0.05) is 38.8 Å². The Hall–Kier alpha value is -1.53. The van der Waals surface area contributed by atoms with Crippen molar-refractivity contribution in [2.24, 2.45) is 0 Å². The lowest BCUT2D eigenvalue weighted by Crippen LogP contribution is -2.56. The molecule has 4 nitrogen and oxygen atoms in total. The van der Waals surface area contributed by atoms with Gasteiger partial charge in [-0.3, -0.25) is 9.69 Å². The molecule has 104 valence electrons. The number of hydrogen-bond donors (Lipinski definition) is 2. The lowest BCUT2D eigenvalue weighted by atomic mass is 10.1. The van der Waals surface area contributed by atoms with E-state index in [2.05, 4.69) is 10.6 Å². The number of amides is 1. The number of rotatable bonds is 3. The van der Waals surface area contributed by atoms with Crippen molar-refractivity contribution in [1.29, 1.82) is 0 Å². The Balaban J connectivity index is 2.15. The van der Waals surface area contributed by atoms with Gasteiger partial charge in [-0.05, 0) is 18.2 Å². The minimum absolute atomic E-state index is 0.121. The fourth-order valence-electron chi connectivity index (χ4n) is 2.24. The van der Waals surface area contributed by atoms with Crippen molar-refractivity contribution in [3.63, 3.8) is 0 Å². The molecule has 1 saturated heterocycles. The summed E-state index contributed by atoms with van der Waals surface area (Å²) in [6.07, 6.45) is 0. The first-order valence-electron chi connectivity index (χ1n) is 6.22. The van der Waals surface area contributed by atoms with Gasteiger partial charge in [0.15, 0.2) is 0 Å². The zero-order valence-electron chi connectivity index (χ0n) is 10.7. The summed E-state index contributed by atoms with van der Waals surface area (Å²) in [6.45, 7) is 2.08. The third-order valence-corrected chi connectivity index (χ3v) is 3.28. The molecule has 1 heterocycles. The lowest BCUT2D eigenvalue weighted by Gasteiger charge is -2.34. The number of halogens is 2. The number of piperazine rings is 1. The fourth-order valence-corrected chi connectivity index (χ4v) is 2.24. The quantitative estimate of drug-likeness (QED) is 0.839. The van der Waals surface area contributed by atoms with Gasteiger partial charge >= 0.3 is 0 Å². The third-order valence-electron chi connectivity index (χ3n) is 3.28. The van der Waals surface area contributed by atoms with E-state index in [-0.39, 0.29) is 24.1 Å². The molecule has 1 aromatic carbocycles. The van der Waals surface area contributed by atoms with E-state index in [0.717, 1.165) is 18.7 Å². The predicted molar refractivity (Wildman–Crippen MR) is 67.5 cm³/mol. The summed E-state index contributed by atoms with van der Waals surface area (Å²) in [4.78, 5) is 13.6. The minimum Gasteiger partial charge on any atom is -0.358 e. The van der Waals surface area contributed by atoms with Crippen LogP contribution >= 0.6 is 0 Å². The average molecular weight is 269 g/mol. The molecule has 1 unspecified atom stereocenters. The summed E-state index contributed by atoms with van der Waals surface area (Å²) < 4.78 is 26.8. The van der Waals surface area contributed by atoms with Crippen LogP contribution in [0.3, 0.4) is 0 Å². The van der Waals surface area contributed by atoms with Gasteiger partial charge in [-0.1, -0.05) is 0 Å². The van der Waals surface area contributed by atoms with E-state index in [1.165, 1.54) is 6.07 Å². The Morgan fingerprint density at radius 2 is 2.32 bits per heavy atom. The van der Waals surface area contributed by atoms with E-state index in [1.807, 2.05) is 4.90 Å². The second-order valence-corrected chi connectivity index (χ2v) is 4.54. The van der Waals surface area contributed by atoms with Crippen LogP contribution < -0.4 is 10.6 Å². The fraction of sp³-hybridized carbons (Fsp3) is 0.462. The van der Waals surface area contributed by atoms with Crippen LogP contribution in [-0.2, 0) is 11.3 Å². The summed E-state index contributed by atoms with van der Waals surface area (Å²) in [5, 5.41) is 5.71. The van der Waals surface area contributed by atoms with Gasteiger partial charge in [-0.2, -0.15) is 0 Å². The first-order chi connectivity index (χ1) is 9.11. The molecule has 1 fully saturated rings. The molecule has 19 heavy (non-hydrogen) atoms. The summed E-state index contributed by atoms with van der Waals surface area (Å²) in [7, 11) is 1.57. The zero-order chi connectivity index (χ0) is 13.8. The van der Waals surface area contributed by atoms with Crippen LogP contribution in [0.4, 0.5) is 8.78 Å². The van der Waals surface area contributed by atoms with Crippen molar-refractivity contribution in [1.82, 2.24) is 15.5 Å². The Morgan fingerprint density at radius 3 is 3.05 bits per heavy atom. The largest absolute Gasteiger partial charge is 0.358 e. The van der Waals surface area contributed by atoms with Crippen LogP contribution in [0.25, 0.3) is 0 Å². The van der Waals surface area contributed by atoms with Gasteiger partial charge in [0.2, 0.25) is 5.91 Å². The van der Waals surface area contributed by atoms with Gasteiger partial charge in [-0.15, -0.1) is 0 Å². The predicted octanol–water partition coefficient (Wildman–Crippen LogP) is 0.485. The first-order valence-corrected chi connectivity index (χ1v) is 6.22. The van der Waals surface area contributed by atoms with Crippen molar-refractivity contribution >= 4 is 5.91 Å². The molecule has 1 amide bonds. The highest BCUT2D eigenvalue weighted by atomic mass is 19.1. The first kappa shape index (κ1) is 13.9. The second kappa shape index (κ2) is 6.08. The van der Waals surface area contributed by atoms with E-state index in [4.69, 9.17) is 0 Å². The summed E-state index contributed by atoms with van der Waals surface area (Å²) in [5.74, 6) is -1.04. The van der Waals surface area contributed by atoms with Gasteiger partial charge in [-0.25, -0.2) is 8.78 Å². The summed E-state index contributed by atoms with van der Waals surface area (Å²) >= 11 is 0. The van der Waals surface area contributed by atoms with Gasteiger partial charge < -0.3 is 10.6 Å². The Kier molecular flexibility index (Phi) is 4.44. The topological polar surface area (TPSA) is 44.4 Å². The van der Waals surface area contributed by atoms with E-state index in [0.29, 0.717) is 13.1 Å². The minimum atomic E-state index is -0.469. The summed E-state index contributed by atoms with van der Waals surface area (Å²) in [5.41, 5.74) is 0.274. The number of nitrogens with zero attached hydrogens (tertiary/aromatic N) is 1. The van der Waals surface area contributed by atoms with Gasteiger partial charge in [0.25, 0.3) is 0 Å². The normalized spacial score (nSPS) is 20.3. The zero-order valence-corrected chi connectivity index (χ0v) is 10.7. The third kappa shape index (κ3) is 3.27. The molecule has 1 aliphatic heterocycles. The summed E-state index contributed by atoms with van der Waals surface area (Å²) in [6, 6.07) is 3.02. The lowest BCUT2D eigenvalue weighted by molar-refractivity contribution is -0.126. The van der Waals surface area contributed by atoms with Crippen LogP contribution in [0.15, 0.2) is 18.2 Å². The maximum Gasteiger partial charge on any atom is 0.238 e. The van der Waals surface area contributed by atoms with Gasteiger partial charge in [0.1, 0.15) is 17.7 Å². The van der Waals surface area contributed by atoms with Crippen molar-refractivity contribution in [2.45, 2.75) is 12.6 Å². The van der Waals surface area contributed by atoms with E-state index in [1.54, 1.807) is 7.05 Å². The van der Waals surface area contributed by atoms with Crippen LogP contribution in [0.5, 0.6) is 0 Å². The van der Waals surface area contributed by atoms with E-state index >= 15 is 0 Å². The standard InChI is InChI=1S/C13H17F2N3O/c1-16-13(19)12-7-17-4-5-18(12)8-9-6-10(14)2-3-11(9)15/h2-3,6,12,17H,4-5,7-8H2,1H3,(H,16,19). The van der Waals surface area contributed by atoms with Crippen LogP contribution in [0.1, 0.15) is 5.56 Å².